The van der Waals surface area contributed by atoms with Crippen LogP contribution in [-0.4, -0.2) is 29.6 Å². The second kappa shape index (κ2) is 5.00. The van der Waals surface area contributed by atoms with E-state index >= 15 is 0 Å². The average Bonchev–Trinajstić information content (AvgIpc) is 2.57. The van der Waals surface area contributed by atoms with Crippen molar-refractivity contribution in [2.24, 2.45) is 0 Å². The lowest BCUT2D eigenvalue weighted by Gasteiger charge is -2.32. The number of hydrogen-bond donors (Lipinski definition) is 1. The van der Waals surface area contributed by atoms with Gasteiger partial charge in [-0.25, -0.2) is 0 Å². The monoisotopic (exact) mass is 302 g/mol. The molecule has 1 unspecified atom stereocenters. The van der Waals surface area contributed by atoms with Crippen LogP contribution in [0.25, 0.3) is 0 Å². The Morgan fingerprint density at radius 2 is 1.43 bits per heavy atom. The highest BCUT2D eigenvalue weighted by atomic mass is 19.4. The second-order valence-electron chi connectivity index (χ2n) is 6.20. The summed E-state index contributed by atoms with van der Waals surface area (Å²) in [5.74, 6) is 0. The Kier molecular flexibility index (Phi) is 3.89. The summed E-state index contributed by atoms with van der Waals surface area (Å²) in [5.41, 5.74) is -0.613. The summed E-state index contributed by atoms with van der Waals surface area (Å²) in [6, 6.07) is 5.43. The van der Waals surface area contributed by atoms with Gasteiger partial charge in [-0.15, -0.1) is 0 Å². The highest BCUT2D eigenvalue weighted by molar-refractivity contribution is 6.62. The largest absolute Gasteiger partial charge is 0.494 e. The van der Waals surface area contributed by atoms with Gasteiger partial charge in [-0.3, -0.25) is 0 Å². The van der Waals surface area contributed by atoms with Crippen LogP contribution in [0.5, 0.6) is 0 Å². The van der Waals surface area contributed by atoms with Crippen LogP contribution in [0, 0.1) is 0 Å². The molecular weight excluding hydrogens is 284 g/mol. The minimum Gasteiger partial charge on any atom is -0.399 e. The normalized spacial score (nSPS) is 22.4. The van der Waals surface area contributed by atoms with Crippen LogP contribution in [-0.2, 0) is 9.31 Å². The first-order valence-electron chi connectivity index (χ1n) is 6.64. The van der Waals surface area contributed by atoms with Gasteiger partial charge in [-0.05, 0) is 38.7 Å². The van der Waals surface area contributed by atoms with Crippen molar-refractivity contribution >= 4 is 12.6 Å². The van der Waals surface area contributed by atoms with Crippen molar-refractivity contribution in [3.8, 4) is 0 Å². The number of rotatable bonds is 2. The molecule has 1 fully saturated rings. The number of aliphatic hydroxyl groups is 1. The zero-order valence-electron chi connectivity index (χ0n) is 12.4. The Balaban J connectivity index is 2.18. The molecule has 0 aliphatic carbocycles. The van der Waals surface area contributed by atoms with Crippen molar-refractivity contribution in [1.29, 1.82) is 0 Å². The van der Waals surface area contributed by atoms with Gasteiger partial charge in [-0.1, -0.05) is 24.3 Å². The Morgan fingerprint density at radius 1 is 1.00 bits per heavy atom. The third-order valence-corrected chi connectivity index (χ3v) is 4.09. The molecule has 2 rings (SSSR count). The fourth-order valence-electron chi connectivity index (χ4n) is 2.00. The summed E-state index contributed by atoms with van der Waals surface area (Å²) in [6.45, 7) is 7.59. The van der Waals surface area contributed by atoms with Crippen LogP contribution >= 0.6 is 0 Å². The fraction of sp³-hybridized carbons (Fsp3) is 0.571. The number of aliphatic hydroxyl groups excluding tert-OH is 1. The minimum absolute atomic E-state index is 0.206. The summed E-state index contributed by atoms with van der Waals surface area (Å²) < 4.78 is 48.9. The third-order valence-electron chi connectivity index (χ3n) is 4.09. The minimum atomic E-state index is -4.67. The lowest BCUT2D eigenvalue weighted by Crippen LogP contribution is -2.41. The first-order valence-corrected chi connectivity index (χ1v) is 6.64. The molecule has 0 bridgehead atoms. The summed E-state index contributed by atoms with van der Waals surface area (Å²) in [5, 5.41) is 9.19. The van der Waals surface area contributed by atoms with Crippen molar-refractivity contribution in [3.63, 3.8) is 0 Å². The maximum absolute atomic E-state index is 12.4. The molecule has 116 valence electrons. The van der Waals surface area contributed by atoms with Gasteiger partial charge >= 0.3 is 13.3 Å². The highest BCUT2D eigenvalue weighted by Gasteiger charge is 2.51. The van der Waals surface area contributed by atoms with Gasteiger partial charge in [0.15, 0.2) is 6.10 Å². The maximum Gasteiger partial charge on any atom is 0.494 e. The van der Waals surface area contributed by atoms with Crippen molar-refractivity contribution in [1.82, 2.24) is 0 Å². The van der Waals surface area contributed by atoms with Gasteiger partial charge < -0.3 is 14.4 Å². The van der Waals surface area contributed by atoms with E-state index in [2.05, 4.69) is 0 Å². The third kappa shape index (κ3) is 3.10. The van der Waals surface area contributed by atoms with Gasteiger partial charge in [0.05, 0.1) is 11.2 Å². The van der Waals surface area contributed by atoms with E-state index < -0.39 is 30.6 Å². The zero-order chi connectivity index (χ0) is 16.1. The van der Waals surface area contributed by atoms with Gasteiger partial charge in [0.1, 0.15) is 0 Å². The van der Waals surface area contributed by atoms with E-state index in [1.807, 2.05) is 27.7 Å². The van der Waals surface area contributed by atoms with Crippen LogP contribution in [0.2, 0.25) is 0 Å². The predicted molar refractivity (Wildman–Crippen MR) is 73.2 cm³/mol. The van der Waals surface area contributed by atoms with E-state index in [1.165, 1.54) is 24.3 Å². The highest BCUT2D eigenvalue weighted by Crippen LogP contribution is 2.37. The average molecular weight is 302 g/mol. The SMILES string of the molecule is CC1(C)OB(c2ccc(C(O)C(F)(F)F)cc2)OC1(C)C. The molecule has 1 atom stereocenters. The molecule has 0 saturated carbocycles. The van der Waals surface area contributed by atoms with Crippen LogP contribution in [0.15, 0.2) is 24.3 Å². The van der Waals surface area contributed by atoms with Gasteiger partial charge in [-0.2, -0.15) is 13.2 Å². The molecule has 0 amide bonds. The van der Waals surface area contributed by atoms with E-state index in [-0.39, 0.29) is 5.56 Å². The second-order valence-corrected chi connectivity index (χ2v) is 6.20. The van der Waals surface area contributed by atoms with E-state index in [1.54, 1.807) is 0 Å². The van der Waals surface area contributed by atoms with Gasteiger partial charge in [0.2, 0.25) is 0 Å². The predicted octanol–water partition coefficient (Wildman–Crippen LogP) is 2.58. The molecule has 1 aliphatic heterocycles. The van der Waals surface area contributed by atoms with E-state index in [9.17, 15) is 18.3 Å². The molecule has 1 aliphatic rings. The van der Waals surface area contributed by atoms with Crippen LogP contribution in [0.1, 0.15) is 39.4 Å². The van der Waals surface area contributed by atoms with Crippen molar-refractivity contribution < 1.29 is 27.6 Å². The molecule has 1 N–H and O–H groups in total. The van der Waals surface area contributed by atoms with Crippen LogP contribution < -0.4 is 5.46 Å². The molecule has 3 nitrogen and oxygen atoms in total. The molecule has 0 radical (unpaired) electrons. The first-order chi connectivity index (χ1) is 9.44. The fourth-order valence-corrected chi connectivity index (χ4v) is 2.00. The van der Waals surface area contributed by atoms with E-state index in [0.717, 1.165) is 0 Å². The molecular formula is C14H18BF3O3. The molecule has 1 aromatic rings. The Morgan fingerprint density at radius 3 is 1.81 bits per heavy atom. The zero-order valence-corrected chi connectivity index (χ0v) is 12.4. The van der Waals surface area contributed by atoms with Crippen LogP contribution in [0.3, 0.4) is 0 Å². The smallest absolute Gasteiger partial charge is 0.399 e. The first kappa shape index (κ1) is 16.3. The number of hydrogen-bond acceptors (Lipinski definition) is 3. The quantitative estimate of drug-likeness (QED) is 0.853. The number of benzene rings is 1. The van der Waals surface area contributed by atoms with Crippen LogP contribution in [0.4, 0.5) is 13.2 Å². The molecule has 21 heavy (non-hydrogen) atoms. The standard InChI is InChI=1S/C14H18BF3O3/c1-12(2)13(3,4)21-15(20-12)10-7-5-9(6-8-10)11(19)14(16,17)18/h5-8,11,19H,1-4H3. The Bertz CT molecular complexity index is 495. The molecule has 1 heterocycles. The molecule has 7 heteroatoms. The molecule has 1 saturated heterocycles. The summed E-state index contributed by atoms with van der Waals surface area (Å²) >= 11 is 0. The number of alkyl halides is 3. The summed E-state index contributed by atoms with van der Waals surface area (Å²) in [6.07, 6.45) is -7.16. The van der Waals surface area contributed by atoms with E-state index in [4.69, 9.17) is 9.31 Å². The van der Waals surface area contributed by atoms with Crippen molar-refractivity contribution in [3.05, 3.63) is 29.8 Å². The molecule has 0 spiro atoms. The maximum atomic E-state index is 12.4. The van der Waals surface area contributed by atoms with Gasteiger partial charge in [0.25, 0.3) is 0 Å². The van der Waals surface area contributed by atoms with Gasteiger partial charge in [0, 0.05) is 0 Å². The van der Waals surface area contributed by atoms with Crippen molar-refractivity contribution in [2.45, 2.75) is 51.2 Å². The molecule has 1 aromatic carbocycles. The topological polar surface area (TPSA) is 38.7 Å². The Labute approximate surface area is 122 Å². The van der Waals surface area contributed by atoms with Crippen molar-refractivity contribution in [2.75, 3.05) is 0 Å². The number of halogens is 3. The Hall–Kier alpha value is -1.05. The lowest BCUT2D eigenvalue weighted by molar-refractivity contribution is -0.206. The molecule has 0 aromatic heterocycles. The van der Waals surface area contributed by atoms with E-state index in [0.29, 0.717) is 5.46 Å². The summed E-state index contributed by atoms with van der Waals surface area (Å²) in [4.78, 5) is 0. The summed E-state index contributed by atoms with van der Waals surface area (Å²) in [7, 11) is -0.632. The lowest BCUT2D eigenvalue weighted by atomic mass is 9.78.